The van der Waals surface area contributed by atoms with Crippen LogP contribution in [-0.4, -0.2) is 31.6 Å². The third kappa shape index (κ3) is 7.66. The van der Waals surface area contributed by atoms with Gasteiger partial charge < -0.3 is 14.8 Å². The summed E-state index contributed by atoms with van der Waals surface area (Å²) < 4.78 is 39.0. The second-order valence-electron chi connectivity index (χ2n) is 11.3. The molecule has 0 unspecified atom stereocenters. The van der Waals surface area contributed by atoms with E-state index in [1.807, 2.05) is 30.3 Å². The Morgan fingerprint density at radius 2 is 1.59 bits per heavy atom. The number of hydrogen-bond donors (Lipinski definition) is 3. The number of halogens is 2. The summed E-state index contributed by atoms with van der Waals surface area (Å²) >= 11 is 0. The molecule has 2 amide bonds. The van der Waals surface area contributed by atoms with E-state index in [1.165, 1.54) is 12.1 Å². The maximum Gasteiger partial charge on any atom is 0.412 e. The van der Waals surface area contributed by atoms with Crippen molar-refractivity contribution in [2.24, 2.45) is 0 Å². The highest BCUT2D eigenvalue weighted by molar-refractivity contribution is 6.04. The van der Waals surface area contributed by atoms with Gasteiger partial charge in [0.1, 0.15) is 23.6 Å². The minimum absolute atomic E-state index is 0.0611. The smallest absolute Gasteiger partial charge is 0.412 e. The van der Waals surface area contributed by atoms with Crippen LogP contribution >= 0.6 is 0 Å². The van der Waals surface area contributed by atoms with Crippen LogP contribution < -0.4 is 10.6 Å². The Bertz CT molecular complexity index is 1740. The molecule has 0 heterocycles. The molecule has 9 heteroatoms. The van der Waals surface area contributed by atoms with Crippen LogP contribution in [-0.2, 0) is 22.4 Å². The second-order valence-corrected chi connectivity index (χ2v) is 11.3. The van der Waals surface area contributed by atoms with E-state index < -0.39 is 17.7 Å². The molecule has 0 aromatic heterocycles. The van der Waals surface area contributed by atoms with Crippen molar-refractivity contribution in [2.75, 3.05) is 13.7 Å². The molecule has 1 atom stereocenters. The van der Waals surface area contributed by atoms with Gasteiger partial charge in [-0.25, -0.2) is 13.6 Å². The van der Waals surface area contributed by atoms with Crippen LogP contribution in [0.5, 0.6) is 0 Å². The summed E-state index contributed by atoms with van der Waals surface area (Å²) in [7, 11) is 1.63. The number of unbranched alkanes of at least 4 members (excludes halogenated alkanes) is 3. The van der Waals surface area contributed by atoms with E-state index in [0.29, 0.717) is 35.3 Å². The SMILES string of the molecule is CCCCCCOC(=O)NC(=N)c1ccc(CNC(=O)c2ccc3c(c2)Cc2cc(-c4ccc(F)cc4F)ccc2[C@@H]3OC)cc1. The Hall–Kier alpha value is -4.89. The fourth-order valence-electron chi connectivity index (χ4n) is 5.67. The van der Waals surface area contributed by atoms with Crippen LogP contribution in [0.3, 0.4) is 0 Å². The number of amides is 2. The van der Waals surface area contributed by atoms with E-state index >= 15 is 0 Å². The molecule has 46 heavy (non-hydrogen) atoms. The lowest BCUT2D eigenvalue weighted by atomic mass is 9.81. The first-order chi connectivity index (χ1) is 22.3. The zero-order chi connectivity index (χ0) is 32.6. The summed E-state index contributed by atoms with van der Waals surface area (Å²) in [5.74, 6) is -1.56. The fraction of sp³-hybridized carbons (Fsp3) is 0.270. The fourth-order valence-corrected chi connectivity index (χ4v) is 5.67. The molecule has 238 valence electrons. The van der Waals surface area contributed by atoms with Crippen molar-refractivity contribution in [1.82, 2.24) is 10.6 Å². The van der Waals surface area contributed by atoms with Crippen LogP contribution in [0.15, 0.2) is 78.9 Å². The van der Waals surface area contributed by atoms with Gasteiger partial charge in [-0.1, -0.05) is 74.7 Å². The van der Waals surface area contributed by atoms with E-state index in [9.17, 15) is 18.4 Å². The van der Waals surface area contributed by atoms with Gasteiger partial charge in [0.2, 0.25) is 0 Å². The van der Waals surface area contributed by atoms with Gasteiger partial charge in [-0.15, -0.1) is 0 Å². The highest BCUT2D eigenvalue weighted by Gasteiger charge is 2.27. The Morgan fingerprint density at radius 3 is 2.30 bits per heavy atom. The summed E-state index contributed by atoms with van der Waals surface area (Å²) in [4.78, 5) is 25.1. The largest absolute Gasteiger partial charge is 0.449 e. The number of ether oxygens (including phenoxy) is 2. The molecule has 0 fully saturated rings. The molecule has 0 aliphatic heterocycles. The van der Waals surface area contributed by atoms with E-state index in [4.69, 9.17) is 14.9 Å². The third-order valence-electron chi connectivity index (χ3n) is 8.13. The lowest BCUT2D eigenvalue weighted by molar-refractivity contribution is 0.0950. The lowest BCUT2D eigenvalue weighted by Gasteiger charge is -2.28. The average Bonchev–Trinajstić information content (AvgIpc) is 3.05. The van der Waals surface area contributed by atoms with Crippen LogP contribution in [0.2, 0.25) is 0 Å². The summed E-state index contributed by atoms with van der Waals surface area (Å²) in [5, 5.41) is 13.5. The highest BCUT2D eigenvalue weighted by atomic mass is 19.1. The van der Waals surface area contributed by atoms with Crippen LogP contribution in [0.25, 0.3) is 11.1 Å². The van der Waals surface area contributed by atoms with Crippen molar-refractivity contribution in [1.29, 1.82) is 5.41 Å². The molecule has 0 saturated carbocycles. The molecule has 0 bridgehead atoms. The first-order valence-electron chi connectivity index (χ1n) is 15.4. The minimum atomic E-state index is -0.648. The van der Waals surface area contributed by atoms with Gasteiger partial charge in [-0.05, 0) is 70.5 Å². The molecule has 0 radical (unpaired) electrons. The topological polar surface area (TPSA) is 101 Å². The Morgan fingerprint density at radius 1 is 0.870 bits per heavy atom. The van der Waals surface area contributed by atoms with Crippen molar-refractivity contribution in [2.45, 2.75) is 51.7 Å². The van der Waals surface area contributed by atoms with Crippen molar-refractivity contribution in [3.05, 3.63) is 129 Å². The number of benzene rings is 4. The van der Waals surface area contributed by atoms with E-state index in [2.05, 4.69) is 17.6 Å². The monoisotopic (exact) mass is 625 g/mol. The first-order valence-corrected chi connectivity index (χ1v) is 15.4. The summed E-state index contributed by atoms with van der Waals surface area (Å²) in [6.45, 7) is 2.70. The minimum Gasteiger partial charge on any atom is -0.449 e. The quantitative estimate of drug-likeness (QED) is 0.0898. The molecule has 4 aromatic carbocycles. The first kappa shape index (κ1) is 32.5. The van der Waals surface area contributed by atoms with Crippen molar-refractivity contribution in [3.8, 4) is 11.1 Å². The van der Waals surface area contributed by atoms with Gasteiger partial charge in [0.15, 0.2) is 0 Å². The van der Waals surface area contributed by atoms with Gasteiger partial charge in [0.05, 0.1) is 6.61 Å². The number of carbonyl (C=O) groups excluding carboxylic acids is 2. The Balaban J connectivity index is 1.20. The van der Waals surface area contributed by atoms with E-state index in [0.717, 1.165) is 59.6 Å². The molecule has 0 spiro atoms. The summed E-state index contributed by atoms with van der Waals surface area (Å²) in [6.07, 6.45) is 3.52. The number of fused-ring (bicyclic) bond motifs is 2. The normalized spacial score (nSPS) is 13.3. The maximum atomic E-state index is 14.5. The molecule has 1 aliphatic carbocycles. The molecule has 1 aliphatic rings. The number of hydrogen-bond acceptors (Lipinski definition) is 5. The van der Waals surface area contributed by atoms with Crippen LogP contribution in [0.1, 0.15) is 82.4 Å². The second kappa shape index (κ2) is 14.9. The molecule has 5 rings (SSSR count). The standard InChI is InChI=1S/C37H37F2N3O4/c1-3-4-5-6-17-46-37(44)42-35(40)24-9-7-23(8-10-24)22-41-36(43)26-12-15-32-28(19-26)20-27-18-25(11-14-31(27)34(32)45-2)30-16-13-29(38)21-33(30)39/h7-16,18-19,21,34H,3-6,17,20,22H2,1-2H3,(H,41,43)(H2,40,42,44)/t34-/m0/s1. The zero-order valence-corrected chi connectivity index (χ0v) is 25.9. The van der Waals surface area contributed by atoms with Gasteiger partial charge in [-0.3, -0.25) is 15.5 Å². The predicted octanol–water partition coefficient (Wildman–Crippen LogP) is 7.83. The van der Waals surface area contributed by atoms with Crippen LogP contribution in [0.4, 0.5) is 13.6 Å². The number of carbonyl (C=O) groups is 2. The third-order valence-corrected chi connectivity index (χ3v) is 8.13. The van der Waals surface area contributed by atoms with E-state index in [1.54, 1.807) is 37.4 Å². The number of rotatable bonds is 11. The van der Waals surface area contributed by atoms with Crippen LogP contribution in [0, 0.1) is 17.0 Å². The molecule has 7 nitrogen and oxygen atoms in total. The molecule has 3 N–H and O–H groups in total. The number of alkyl carbamates (subject to hydrolysis) is 1. The van der Waals surface area contributed by atoms with Crippen molar-refractivity contribution < 1.29 is 27.8 Å². The van der Waals surface area contributed by atoms with Gasteiger partial charge >= 0.3 is 6.09 Å². The molecular formula is C37H37F2N3O4. The summed E-state index contributed by atoms with van der Waals surface area (Å²) in [6, 6.07) is 21.7. The molecular weight excluding hydrogens is 588 g/mol. The van der Waals surface area contributed by atoms with Gasteiger partial charge in [0, 0.05) is 36.4 Å². The Kier molecular flexibility index (Phi) is 10.5. The number of amidine groups is 1. The number of nitrogens with one attached hydrogen (secondary N) is 3. The van der Waals surface area contributed by atoms with Gasteiger partial charge in [0.25, 0.3) is 5.91 Å². The van der Waals surface area contributed by atoms with Crippen molar-refractivity contribution >= 4 is 17.8 Å². The maximum absolute atomic E-state index is 14.5. The lowest BCUT2D eigenvalue weighted by Crippen LogP contribution is -2.31. The summed E-state index contributed by atoms with van der Waals surface area (Å²) in [5.41, 5.74) is 6.59. The predicted molar refractivity (Wildman–Crippen MR) is 173 cm³/mol. The average molecular weight is 626 g/mol. The molecule has 0 saturated heterocycles. The van der Waals surface area contributed by atoms with E-state index in [-0.39, 0.29) is 24.4 Å². The number of methoxy groups -OCH3 is 1. The highest BCUT2D eigenvalue weighted by Crippen LogP contribution is 2.39. The van der Waals surface area contributed by atoms with Crippen molar-refractivity contribution in [3.63, 3.8) is 0 Å². The van der Waals surface area contributed by atoms with Gasteiger partial charge in [-0.2, -0.15) is 0 Å². The zero-order valence-electron chi connectivity index (χ0n) is 25.9. The molecule has 4 aromatic rings. The Labute approximate surface area is 267 Å².